The first-order chi connectivity index (χ1) is 9.88. The molecule has 2 rings (SSSR count). The molecule has 112 valence electrons. The molecule has 0 atom stereocenters. The monoisotopic (exact) mass is 306 g/mol. The second kappa shape index (κ2) is 6.31. The molecule has 0 aliphatic carbocycles. The van der Waals surface area contributed by atoms with Crippen LogP contribution in [0.5, 0.6) is 11.9 Å². The number of hydrogen-bond donors (Lipinski definition) is 0. The number of halogens is 1. The SMILES string of the molecule is COc1nc(Cl)cc(OCc2ccc(C(C)(C)C)cc2)n1. The lowest BCUT2D eigenvalue weighted by Gasteiger charge is -2.19. The van der Waals surface area contributed by atoms with E-state index in [4.69, 9.17) is 21.1 Å². The van der Waals surface area contributed by atoms with Gasteiger partial charge < -0.3 is 9.47 Å². The average Bonchev–Trinajstić information content (AvgIpc) is 2.44. The largest absolute Gasteiger partial charge is 0.473 e. The van der Waals surface area contributed by atoms with Gasteiger partial charge in [-0.05, 0) is 16.5 Å². The standard InChI is InChI=1S/C16H19ClN2O2/c1-16(2,3)12-7-5-11(6-8-12)10-21-14-9-13(17)18-15(19-14)20-4/h5-9H,10H2,1-4H3. The van der Waals surface area contributed by atoms with Crippen LogP contribution in [0.3, 0.4) is 0 Å². The molecular formula is C16H19ClN2O2. The van der Waals surface area contributed by atoms with Crippen molar-refractivity contribution in [3.8, 4) is 11.9 Å². The maximum atomic E-state index is 5.87. The number of benzene rings is 1. The van der Waals surface area contributed by atoms with Crippen LogP contribution < -0.4 is 9.47 Å². The second-order valence-corrected chi connectivity index (χ2v) is 6.14. The third-order valence-electron chi connectivity index (χ3n) is 3.04. The van der Waals surface area contributed by atoms with Gasteiger partial charge in [-0.2, -0.15) is 9.97 Å². The van der Waals surface area contributed by atoms with Gasteiger partial charge >= 0.3 is 6.01 Å². The number of methoxy groups -OCH3 is 1. The van der Waals surface area contributed by atoms with E-state index in [-0.39, 0.29) is 11.4 Å². The van der Waals surface area contributed by atoms with E-state index in [9.17, 15) is 0 Å². The van der Waals surface area contributed by atoms with Gasteiger partial charge in [0.25, 0.3) is 0 Å². The summed E-state index contributed by atoms with van der Waals surface area (Å²) in [6.07, 6.45) is 0. The zero-order valence-corrected chi connectivity index (χ0v) is 13.4. The highest BCUT2D eigenvalue weighted by molar-refractivity contribution is 6.29. The van der Waals surface area contributed by atoms with Crippen molar-refractivity contribution >= 4 is 11.6 Å². The molecule has 0 bridgehead atoms. The molecule has 0 saturated heterocycles. The van der Waals surface area contributed by atoms with Gasteiger partial charge in [0.05, 0.1) is 7.11 Å². The predicted molar refractivity (Wildman–Crippen MR) is 83.1 cm³/mol. The summed E-state index contributed by atoms with van der Waals surface area (Å²) in [5, 5.41) is 0.292. The first-order valence-corrected chi connectivity index (χ1v) is 7.07. The quantitative estimate of drug-likeness (QED) is 0.800. The molecule has 5 heteroatoms. The molecule has 0 aliphatic rings. The second-order valence-electron chi connectivity index (χ2n) is 5.75. The molecule has 1 aromatic carbocycles. The maximum absolute atomic E-state index is 5.87. The molecule has 0 aliphatic heterocycles. The van der Waals surface area contributed by atoms with E-state index < -0.39 is 0 Å². The van der Waals surface area contributed by atoms with Crippen LogP contribution in [0.4, 0.5) is 0 Å². The lowest BCUT2D eigenvalue weighted by Crippen LogP contribution is -2.10. The smallest absolute Gasteiger partial charge is 0.320 e. The summed E-state index contributed by atoms with van der Waals surface area (Å²) in [7, 11) is 1.49. The number of rotatable bonds is 4. The minimum absolute atomic E-state index is 0.146. The lowest BCUT2D eigenvalue weighted by molar-refractivity contribution is 0.284. The number of nitrogens with zero attached hydrogens (tertiary/aromatic N) is 2. The van der Waals surface area contributed by atoms with Gasteiger partial charge in [0.15, 0.2) is 0 Å². The molecule has 21 heavy (non-hydrogen) atoms. The summed E-state index contributed by atoms with van der Waals surface area (Å²) in [4.78, 5) is 7.98. The first kappa shape index (κ1) is 15.6. The third kappa shape index (κ3) is 4.33. The Kier molecular flexibility index (Phi) is 4.68. The zero-order valence-electron chi connectivity index (χ0n) is 12.7. The summed E-state index contributed by atoms with van der Waals surface area (Å²) < 4.78 is 10.6. The topological polar surface area (TPSA) is 44.2 Å². The van der Waals surface area contributed by atoms with Crippen LogP contribution in [0.2, 0.25) is 5.15 Å². The molecule has 1 heterocycles. The molecule has 4 nitrogen and oxygen atoms in total. The highest BCUT2D eigenvalue weighted by Gasteiger charge is 2.13. The van der Waals surface area contributed by atoms with E-state index in [1.165, 1.54) is 12.7 Å². The van der Waals surface area contributed by atoms with Gasteiger partial charge in [0, 0.05) is 6.07 Å². The van der Waals surface area contributed by atoms with Crippen LogP contribution in [-0.4, -0.2) is 17.1 Å². The van der Waals surface area contributed by atoms with E-state index in [0.717, 1.165) is 5.56 Å². The van der Waals surface area contributed by atoms with Gasteiger partial charge in [-0.3, -0.25) is 0 Å². The third-order valence-corrected chi connectivity index (χ3v) is 3.23. The average molecular weight is 307 g/mol. The summed E-state index contributed by atoms with van der Waals surface area (Å²) in [5.74, 6) is 0.395. The molecule has 0 radical (unpaired) electrons. The molecule has 1 aromatic heterocycles. The van der Waals surface area contributed by atoms with Crippen LogP contribution in [-0.2, 0) is 12.0 Å². The minimum Gasteiger partial charge on any atom is -0.473 e. The van der Waals surface area contributed by atoms with Crippen LogP contribution in [0, 0.1) is 0 Å². The Labute approximate surface area is 130 Å². The Bertz CT molecular complexity index is 607. The normalized spacial score (nSPS) is 11.3. The number of aromatic nitrogens is 2. The Morgan fingerprint density at radius 3 is 2.33 bits per heavy atom. The Morgan fingerprint density at radius 1 is 1.10 bits per heavy atom. The van der Waals surface area contributed by atoms with Gasteiger partial charge in [-0.15, -0.1) is 0 Å². The molecule has 0 N–H and O–H groups in total. The zero-order chi connectivity index (χ0) is 15.5. The van der Waals surface area contributed by atoms with Crippen molar-refractivity contribution in [3.05, 3.63) is 46.6 Å². The van der Waals surface area contributed by atoms with Gasteiger partial charge in [-0.25, -0.2) is 0 Å². The molecular weight excluding hydrogens is 288 g/mol. The summed E-state index contributed by atoms with van der Waals surface area (Å²) in [5.41, 5.74) is 2.50. The highest BCUT2D eigenvalue weighted by Crippen LogP contribution is 2.23. The van der Waals surface area contributed by atoms with Crippen molar-refractivity contribution in [3.63, 3.8) is 0 Å². The Balaban J connectivity index is 2.05. The van der Waals surface area contributed by atoms with Crippen molar-refractivity contribution in [2.24, 2.45) is 0 Å². The molecule has 0 saturated carbocycles. The summed E-state index contributed by atoms with van der Waals surface area (Å²) in [6.45, 7) is 6.98. The van der Waals surface area contributed by atoms with E-state index in [1.807, 2.05) is 0 Å². The number of hydrogen-bond acceptors (Lipinski definition) is 4. The van der Waals surface area contributed by atoms with E-state index in [1.54, 1.807) is 6.07 Å². The van der Waals surface area contributed by atoms with E-state index >= 15 is 0 Å². The Morgan fingerprint density at radius 2 is 1.76 bits per heavy atom. The van der Waals surface area contributed by atoms with E-state index in [2.05, 4.69) is 55.0 Å². The van der Waals surface area contributed by atoms with Crippen molar-refractivity contribution in [1.82, 2.24) is 9.97 Å². The van der Waals surface area contributed by atoms with Gasteiger partial charge in [0.2, 0.25) is 5.88 Å². The van der Waals surface area contributed by atoms with Crippen LogP contribution in [0.15, 0.2) is 30.3 Å². The molecule has 0 unspecified atom stereocenters. The van der Waals surface area contributed by atoms with E-state index in [0.29, 0.717) is 17.6 Å². The fourth-order valence-electron chi connectivity index (χ4n) is 1.80. The van der Waals surface area contributed by atoms with Gasteiger partial charge in [0.1, 0.15) is 11.8 Å². The summed E-state index contributed by atoms with van der Waals surface area (Å²) in [6, 6.07) is 10.1. The highest BCUT2D eigenvalue weighted by atomic mass is 35.5. The van der Waals surface area contributed by atoms with Crippen molar-refractivity contribution in [2.45, 2.75) is 32.8 Å². The fraction of sp³-hybridized carbons (Fsp3) is 0.375. The molecule has 0 fully saturated rings. The first-order valence-electron chi connectivity index (χ1n) is 6.69. The predicted octanol–water partition coefficient (Wildman–Crippen LogP) is 4.02. The lowest BCUT2D eigenvalue weighted by atomic mass is 9.87. The van der Waals surface area contributed by atoms with Crippen LogP contribution >= 0.6 is 11.6 Å². The van der Waals surface area contributed by atoms with Crippen LogP contribution in [0.25, 0.3) is 0 Å². The Hall–Kier alpha value is -1.81. The molecule has 2 aromatic rings. The number of ether oxygens (including phenoxy) is 2. The molecule has 0 amide bonds. The molecule has 0 spiro atoms. The fourth-order valence-corrected chi connectivity index (χ4v) is 1.97. The van der Waals surface area contributed by atoms with Crippen molar-refractivity contribution in [1.29, 1.82) is 0 Å². The maximum Gasteiger partial charge on any atom is 0.320 e. The van der Waals surface area contributed by atoms with Gasteiger partial charge in [-0.1, -0.05) is 56.6 Å². The van der Waals surface area contributed by atoms with Crippen molar-refractivity contribution < 1.29 is 9.47 Å². The summed E-state index contributed by atoms with van der Waals surface area (Å²) >= 11 is 5.87. The van der Waals surface area contributed by atoms with Crippen molar-refractivity contribution in [2.75, 3.05) is 7.11 Å². The minimum atomic E-state index is 0.146. The van der Waals surface area contributed by atoms with Crippen LogP contribution in [0.1, 0.15) is 31.9 Å².